The molecule has 6 rings (SSSR count). The van der Waals surface area contributed by atoms with Crippen LogP contribution in [-0.2, 0) is 12.7 Å². The molecule has 8 nitrogen and oxygen atoms in total. The minimum absolute atomic E-state index is 0.265. The van der Waals surface area contributed by atoms with Crippen LogP contribution in [0.1, 0.15) is 11.5 Å². The topological polar surface area (TPSA) is 94.6 Å². The van der Waals surface area contributed by atoms with E-state index in [1.807, 2.05) is 22.9 Å². The van der Waals surface area contributed by atoms with Crippen molar-refractivity contribution >= 4 is 33.3 Å². The number of aromatic nitrogens is 6. The summed E-state index contributed by atoms with van der Waals surface area (Å²) in [4.78, 5) is 8.54. The van der Waals surface area contributed by atoms with Gasteiger partial charge in [-0.3, -0.25) is 4.68 Å². The van der Waals surface area contributed by atoms with Crippen LogP contribution in [0.2, 0.25) is 0 Å². The van der Waals surface area contributed by atoms with Gasteiger partial charge < -0.3 is 9.73 Å². The highest BCUT2D eigenvalue weighted by atomic mass is 19.4. The van der Waals surface area contributed by atoms with Gasteiger partial charge in [-0.05, 0) is 54.1 Å². The van der Waals surface area contributed by atoms with Crippen molar-refractivity contribution < 1.29 is 22.0 Å². The molecule has 0 aliphatic rings. The lowest BCUT2D eigenvalue weighted by Gasteiger charge is -2.10. The molecule has 0 amide bonds. The molecule has 37 heavy (non-hydrogen) atoms. The van der Waals surface area contributed by atoms with E-state index in [1.165, 1.54) is 18.5 Å². The number of benzene rings is 3. The van der Waals surface area contributed by atoms with Gasteiger partial charge in [-0.1, -0.05) is 12.1 Å². The van der Waals surface area contributed by atoms with E-state index in [2.05, 4.69) is 30.6 Å². The summed E-state index contributed by atoms with van der Waals surface area (Å²) in [5, 5.41) is 15.7. The van der Waals surface area contributed by atoms with E-state index < -0.39 is 12.1 Å². The molecule has 12 heteroatoms. The van der Waals surface area contributed by atoms with Crippen LogP contribution in [0.15, 0.2) is 77.6 Å². The molecule has 0 atom stereocenters. The second-order valence-electron chi connectivity index (χ2n) is 8.19. The summed E-state index contributed by atoms with van der Waals surface area (Å²) in [6.45, 7) is 0.488. The third-order valence-corrected chi connectivity index (χ3v) is 5.70. The molecule has 0 bridgehead atoms. The molecule has 6 aromatic rings. The van der Waals surface area contributed by atoms with Gasteiger partial charge >= 0.3 is 12.1 Å². The minimum Gasteiger partial charge on any atom is -0.413 e. The Hall–Kier alpha value is -4.87. The highest BCUT2D eigenvalue weighted by Gasteiger charge is 2.38. The molecular formula is C25H15F4N7O. The number of fused-ring (bicyclic) bond motifs is 2. The van der Waals surface area contributed by atoms with E-state index in [9.17, 15) is 17.6 Å². The fourth-order valence-corrected chi connectivity index (χ4v) is 3.93. The van der Waals surface area contributed by atoms with Crippen molar-refractivity contribution in [1.29, 1.82) is 0 Å². The number of halogens is 4. The third kappa shape index (κ3) is 4.44. The molecule has 0 fully saturated rings. The summed E-state index contributed by atoms with van der Waals surface area (Å²) in [5.41, 5.74) is 3.40. The number of hydrogen-bond donors (Lipinski definition) is 1. The highest BCUT2D eigenvalue weighted by Crippen LogP contribution is 2.32. The van der Waals surface area contributed by atoms with E-state index in [0.717, 1.165) is 22.2 Å². The number of rotatable bonds is 5. The van der Waals surface area contributed by atoms with Crippen LogP contribution in [0.3, 0.4) is 0 Å². The Balaban J connectivity index is 1.30. The second kappa shape index (κ2) is 8.66. The van der Waals surface area contributed by atoms with Crippen LogP contribution >= 0.6 is 0 Å². The number of anilines is 2. The standard InChI is InChI=1S/C25H15F4N7O/c26-17-4-1-14(2-5-17)12-36-21-8-6-18(9-16(21)11-32-36)33-22-19-10-15(3-7-20(19)30-13-31-22)23-34-35-24(37-23)25(27,28)29/h1-11,13H,12H2,(H,30,31,33). The smallest absolute Gasteiger partial charge is 0.413 e. The Morgan fingerprint density at radius 2 is 1.76 bits per heavy atom. The van der Waals surface area contributed by atoms with Gasteiger partial charge in [0.05, 0.1) is 23.8 Å². The molecule has 0 radical (unpaired) electrons. The maximum atomic E-state index is 13.2. The molecule has 0 saturated carbocycles. The summed E-state index contributed by atoms with van der Waals surface area (Å²) in [6, 6.07) is 16.7. The van der Waals surface area contributed by atoms with Crippen molar-refractivity contribution in [2.24, 2.45) is 0 Å². The Kier molecular flexibility index (Phi) is 5.29. The SMILES string of the molecule is Fc1ccc(Cn2ncc3cc(Nc4ncnc5ccc(-c6nnc(C(F)(F)F)o6)cc45)ccc32)cc1. The van der Waals surface area contributed by atoms with E-state index in [-0.39, 0.29) is 11.7 Å². The molecule has 0 saturated heterocycles. The van der Waals surface area contributed by atoms with Gasteiger partial charge in [0, 0.05) is 22.0 Å². The zero-order valence-corrected chi connectivity index (χ0v) is 18.7. The molecular weight excluding hydrogens is 490 g/mol. The van der Waals surface area contributed by atoms with Gasteiger partial charge in [0.25, 0.3) is 0 Å². The van der Waals surface area contributed by atoms with Crippen LogP contribution in [0.25, 0.3) is 33.3 Å². The quantitative estimate of drug-likeness (QED) is 0.288. The van der Waals surface area contributed by atoms with E-state index >= 15 is 0 Å². The molecule has 3 aromatic carbocycles. The first kappa shape index (κ1) is 22.6. The van der Waals surface area contributed by atoms with E-state index in [1.54, 1.807) is 36.5 Å². The van der Waals surface area contributed by atoms with E-state index in [4.69, 9.17) is 4.42 Å². The lowest BCUT2D eigenvalue weighted by molar-refractivity contribution is -0.156. The van der Waals surface area contributed by atoms with Crippen LogP contribution < -0.4 is 5.32 Å². The van der Waals surface area contributed by atoms with Crippen LogP contribution in [-0.4, -0.2) is 29.9 Å². The fraction of sp³-hybridized carbons (Fsp3) is 0.0800. The van der Waals surface area contributed by atoms with Gasteiger partial charge in [-0.15, -0.1) is 10.2 Å². The lowest BCUT2D eigenvalue weighted by atomic mass is 10.1. The van der Waals surface area contributed by atoms with Crippen molar-refractivity contribution in [3.8, 4) is 11.5 Å². The molecule has 0 spiro atoms. The van der Waals surface area contributed by atoms with Crippen LogP contribution in [0.5, 0.6) is 0 Å². The third-order valence-electron chi connectivity index (χ3n) is 5.70. The molecule has 0 aliphatic heterocycles. The maximum Gasteiger partial charge on any atom is 0.470 e. The summed E-state index contributed by atoms with van der Waals surface area (Å²) >= 11 is 0. The summed E-state index contributed by atoms with van der Waals surface area (Å²) in [5.74, 6) is -1.53. The molecule has 1 N–H and O–H groups in total. The van der Waals surface area contributed by atoms with Crippen molar-refractivity contribution in [3.63, 3.8) is 0 Å². The Morgan fingerprint density at radius 1 is 0.919 bits per heavy atom. The molecule has 0 unspecified atom stereocenters. The molecule has 3 aromatic heterocycles. The average Bonchev–Trinajstić information content (AvgIpc) is 3.53. The largest absolute Gasteiger partial charge is 0.470 e. The fourth-order valence-electron chi connectivity index (χ4n) is 3.93. The van der Waals surface area contributed by atoms with Crippen LogP contribution in [0, 0.1) is 5.82 Å². The second-order valence-corrected chi connectivity index (χ2v) is 8.19. The van der Waals surface area contributed by atoms with Gasteiger partial charge in [0.1, 0.15) is 18.0 Å². The van der Waals surface area contributed by atoms with Gasteiger partial charge in [-0.2, -0.15) is 18.3 Å². The maximum absolute atomic E-state index is 13.2. The Bertz CT molecular complexity index is 1740. The first-order valence-electron chi connectivity index (χ1n) is 11.0. The average molecular weight is 505 g/mol. The Morgan fingerprint density at radius 3 is 2.54 bits per heavy atom. The predicted molar refractivity (Wildman–Crippen MR) is 126 cm³/mol. The predicted octanol–water partition coefficient (Wildman–Crippen LogP) is 5.98. The normalized spacial score (nSPS) is 11.9. The first-order chi connectivity index (χ1) is 17.8. The summed E-state index contributed by atoms with van der Waals surface area (Å²) < 4.78 is 58.4. The summed E-state index contributed by atoms with van der Waals surface area (Å²) in [7, 11) is 0. The minimum atomic E-state index is -4.73. The highest BCUT2D eigenvalue weighted by molar-refractivity contribution is 5.94. The van der Waals surface area contributed by atoms with Crippen LogP contribution in [0.4, 0.5) is 29.1 Å². The van der Waals surface area contributed by atoms with E-state index in [0.29, 0.717) is 28.8 Å². The van der Waals surface area contributed by atoms with Gasteiger partial charge in [0.2, 0.25) is 5.89 Å². The lowest BCUT2D eigenvalue weighted by Crippen LogP contribution is -2.04. The zero-order valence-electron chi connectivity index (χ0n) is 18.7. The number of nitrogens with zero attached hydrogens (tertiary/aromatic N) is 6. The van der Waals surface area contributed by atoms with Gasteiger partial charge in [0.15, 0.2) is 0 Å². The van der Waals surface area contributed by atoms with Crippen molar-refractivity contribution in [1.82, 2.24) is 29.9 Å². The number of nitrogens with one attached hydrogen (secondary N) is 1. The summed E-state index contributed by atoms with van der Waals surface area (Å²) in [6.07, 6.45) is -1.62. The van der Waals surface area contributed by atoms with Crippen molar-refractivity contribution in [3.05, 3.63) is 90.5 Å². The Labute approximate surface area is 205 Å². The monoisotopic (exact) mass is 505 g/mol. The van der Waals surface area contributed by atoms with Crippen molar-refractivity contribution in [2.75, 3.05) is 5.32 Å². The van der Waals surface area contributed by atoms with Gasteiger partial charge in [-0.25, -0.2) is 14.4 Å². The van der Waals surface area contributed by atoms with Crippen molar-refractivity contribution in [2.45, 2.75) is 12.7 Å². The molecule has 3 heterocycles. The zero-order chi connectivity index (χ0) is 25.6. The molecule has 184 valence electrons. The number of alkyl halides is 3. The number of hydrogen-bond acceptors (Lipinski definition) is 7. The first-order valence-corrected chi connectivity index (χ1v) is 11.0. The molecule has 0 aliphatic carbocycles.